The summed E-state index contributed by atoms with van der Waals surface area (Å²) >= 11 is 0. The Labute approximate surface area is 137 Å². The molecule has 1 aliphatic heterocycles. The molecule has 24 heavy (non-hydrogen) atoms. The Hall–Kier alpha value is -3.22. The van der Waals surface area contributed by atoms with Crippen LogP contribution < -0.4 is 10.2 Å². The average molecular weight is 321 g/mol. The molecule has 1 amide bonds. The van der Waals surface area contributed by atoms with E-state index in [1.165, 1.54) is 12.4 Å². The van der Waals surface area contributed by atoms with Gasteiger partial charge >= 0.3 is 0 Å². The van der Waals surface area contributed by atoms with Gasteiger partial charge in [0.2, 0.25) is 5.91 Å². The topological polar surface area (TPSA) is 97.1 Å². The predicted molar refractivity (Wildman–Crippen MR) is 89.0 cm³/mol. The molecule has 7 nitrogen and oxygen atoms in total. The standard InChI is InChI=1S/C17H15N5O2/c1-10-8-15(23)20-21-16(10)12-2-3-13-14(9-12)19-17(18-13)11-4-6-22(24)7-5-11/h2-7,9-10H,8H2,1H3,(H,18,19)(H,20,23). The number of H-pyrrole nitrogens is 1. The van der Waals surface area contributed by atoms with Crippen LogP contribution in [0.1, 0.15) is 18.9 Å². The summed E-state index contributed by atoms with van der Waals surface area (Å²) in [5, 5.41) is 15.3. The molecule has 3 heterocycles. The van der Waals surface area contributed by atoms with Crippen molar-refractivity contribution in [3.05, 3.63) is 53.5 Å². The summed E-state index contributed by atoms with van der Waals surface area (Å²) in [6.07, 6.45) is 3.31. The van der Waals surface area contributed by atoms with E-state index in [0.29, 0.717) is 12.2 Å². The third-order valence-corrected chi connectivity index (χ3v) is 4.11. The Morgan fingerprint density at radius 3 is 2.75 bits per heavy atom. The third-order valence-electron chi connectivity index (χ3n) is 4.11. The number of hydrogen-bond donors (Lipinski definition) is 2. The number of benzene rings is 1. The number of rotatable bonds is 2. The summed E-state index contributed by atoms with van der Waals surface area (Å²) in [6, 6.07) is 9.30. The first-order valence-corrected chi connectivity index (χ1v) is 7.66. The first kappa shape index (κ1) is 14.4. The lowest BCUT2D eigenvalue weighted by atomic mass is 9.94. The molecule has 0 fully saturated rings. The number of fused-ring (bicyclic) bond motifs is 1. The van der Waals surface area contributed by atoms with Crippen LogP contribution in [0, 0.1) is 11.1 Å². The molecule has 1 aromatic carbocycles. The maximum atomic E-state index is 11.4. The molecule has 1 unspecified atom stereocenters. The van der Waals surface area contributed by atoms with E-state index in [-0.39, 0.29) is 11.8 Å². The van der Waals surface area contributed by atoms with Gasteiger partial charge in [-0.05, 0) is 12.1 Å². The van der Waals surface area contributed by atoms with E-state index in [2.05, 4.69) is 20.5 Å². The van der Waals surface area contributed by atoms with Gasteiger partial charge in [-0.2, -0.15) is 9.83 Å². The normalized spacial score (nSPS) is 17.6. The lowest BCUT2D eigenvalue weighted by Crippen LogP contribution is -2.31. The van der Waals surface area contributed by atoms with Gasteiger partial charge in [0, 0.05) is 35.6 Å². The Balaban J connectivity index is 1.74. The lowest BCUT2D eigenvalue weighted by molar-refractivity contribution is -0.605. The summed E-state index contributed by atoms with van der Waals surface area (Å²) < 4.78 is 0.737. The monoisotopic (exact) mass is 321 g/mol. The van der Waals surface area contributed by atoms with Crippen molar-refractivity contribution in [2.45, 2.75) is 13.3 Å². The summed E-state index contributed by atoms with van der Waals surface area (Å²) in [4.78, 5) is 19.2. The maximum absolute atomic E-state index is 11.4. The maximum Gasteiger partial charge on any atom is 0.240 e. The summed E-state index contributed by atoms with van der Waals surface area (Å²) in [5.41, 5.74) is 6.89. The van der Waals surface area contributed by atoms with Crippen molar-refractivity contribution < 1.29 is 9.52 Å². The molecule has 0 radical (unpaired) electrons. The van der Waals surface area contributed by atoms with E-state index in [1.54, 1.807) is 12.1 Å². The van der Waals surface area contributed by atoms with Gasteiger partial charge in [0.05, 0.1) is 16.7 Å². The number of carbonyl (C=O) groups is 1. The lowest BCUT2D eigenvalue weighted by Gasteiger charge is -2.18. The summed E-state index contributed by atoms with van der Waals surface area (Å²) in [7, 11) is 0. The summed E-state index contributed by atoms with van der Waals surface area (Å²) in [5.74, 6) is 0.708. The van der Waals surface area contributed by atoms with E-state index >= 15 is 0 Å². The first-order valence-electron chi connectivity index (χ1n) is 7.66. The van der Waals surface area contributed by atoms with Crippen LogP contribution in [0.4, 0.5) is 0 Å². The Kier molecular flexibility index (Phi) is 3.26. The van der Waals surface area contributed by atoms with Gasteiger partial charge in [0.1, 0.15) is 5.82 Å². The number of amides is 1. The molecule has 7 heteroatoms. The third kappa shape index (κ3) is 2.50. The number of nitrogens with one attached hydrogen (secondary N) is 2. The number of nitrogens with zero attached hydrogens (tertiary/aromatic N) is 3. The zero-order chi connectivity index (χ0) is 16.7. The molecule has 1 aliphatic rings. The van der Waals surface area contributed by atoms with Gasteiger partial charge in [0.25, 0.3) is 0 Å². The van der Waals surface area contributed by atoms with Crippen molar-refractivity contribution in [1.29, 1.82) is 0 Å². The van der Waals surface area contributed by atoms with Gasteiger partial charge in [-0.15, -0.1) is 0 Å². The van der Waals surface area contributed by atoms with Crippen molar-refractivity contribution in [2.24, 2.45) is 11.0 Å². The van der Waals surface area contributed by atoms with Gasteiger partial charge in [0.15, 0.2) is 12.4 Å². The molecular formula is C17H15N5O2. The number of hydrazone groups is 1. The highest BCUT2D eigenvalue weighted by atomic mass is 16.5. The molecule has 0 aliphatic carbocycles. The van der Waals surface area contributed by atoms with Gasteiger partial charge in [-0.1, -0.05) is 13.0 Å². The number of hydrogen-bond acceptors (Lipinski definition) is 4. The molecule has 0 bridgehead atoms. The van der Waals surface area contributed by atoms with E-state index in [0.717, 1.165) is 32.6 Å². The van der Waals surface area contributed by atoms with Crippen molar-refractivity contribution in [1.82, 2.24) is 15.4 Å². The molecule has 3 aromatic rings. The van der Waals surface area contributed by atoms with E-state index < -0.39 is 0 Å². The van der Waals surface area contributed by atoms with Crippen LogP contribution in [-0.2, 0) is 4.79 Å². The highest BCUT2D eigenvalue weighted by molar-refractivity contribution is 6.07. The molecule has 2 aromatic heterocycles. The fourth-order valence-corrected chi connectivity index (χ4v) is 2.87. The molecule has 4 rings (SSSR count). The van der Waals surface area contributed by atoms with Crippen LogP contribution in [0.5, 0.6) is 0 Å². The van der Waals surface area contributed by atoms with Crippen molar-refractivity contribution in [3.63, 3.8) is 0 Å². The minimum atomic E-state index is -0.0610. The van der Waals surface area contributed by atoms with E-state index in [4.69, 9.17) is 0 Å². The fourth-order valence-electron chi connectivity index (χ4n) is 2.87. The first-order chi connectivity index (χ1) is 11.6. The van der Waals surface area contributed by atoms with Crippen LogP contribution in [0.3, 0.4) is 0 Å². The Bertz CT molecular complexity index is 959. The van der Waals surface area contributed by atoms with Gasteiger partial charge in [-0.25, -0.2) is 10.4 Å². The SMILES string of the molecule is CC1CC(=O)NN=C1c1ccc2[nH]c(-c3cc[n+]([O-])cc3)nc2c1. The van der Waals surface area contributed by atoms with E-state index in [1.807, 2.05) is 25.1 Å². The van der Waals surface area contributed by atoms with Crippen molar-refractivity contribution in [3.8, 4) is 11.4 Å². The van der Waals surface area contributed by atoms with Crippen LogP contribution in [0.2, 0.25) is 0 Å². The molecule has 2 N–H and O–H groups in total. The van der Waals surface area contributed by atoms with Crippen molar-refractivity contribution >= 4 is 22.7 Å². The van der Waals surface area contributed by atoms with Crippen LogP contribution in [0.25, 0.3) is 22.4 Å². The number of carbonyl (C=O) groups excluding carboxylic acids is 1. The Morgan fingerprint density at radius 2 is 2.00 bits per heavy atom. The average Bonchev–Trinajstić information content (AvgIpc) is 2.98. The van der Waals surface area contributed by atoms with E-state index in [9.17, 15) is 10.0 Å². The van der Waals surface area contributed by atoms with Crippen LogP contribution in [0.15, 0.2) is 47.8 Å². The minimum Gasteiger partial charge on any atom is -0.619 e. The number of pyridine rings is 1. The second-order valence-corrected chi connectivity index (χ2v) is 5.90. The largest absolute Gasteiger partial charge is 0.619 e. The minimum absolute atomic E-state index is 0.0610. The van der Waals surface area contributed by atoms with Crippen LogP contribution >= 0.6 is 0 Å². The quantitative estimate of drug-likeness (QED) is 0.555. The number of aromatic amines is 1. The number of aromatic nitrogens is 3. The molecule has 0 spiro atoms. The fraction of sp³-hybridized carbons (Fsp3) is 0.176. The smallest absolute Gasteiger partial charge is 0.240 e. The molecule has 1 atom stereocenters. The van der Waals surface area contributed by atoms with Crippen LogP contribution in [-0.4, -0.2) is 21.6 Å². The van der Waals surface area contributed by atoms with Gasteiger partial charge < -0.3 is 10.2 Å². The highest BCUT2D eigenvalue weighted by Crippen LogP contribution is 2.23. The zero-order valence-corrected chi connectivity index (χ0v) is 13.0. The predicted octanol–water partition coefficient (Wildman–Crippen LogP) is 1.72. The van der Waals surface area contributed by atoms with Crippen molar-refractivity contribution in [2.75, 3.05) is 0 Å². The zero-order valence-electron chi connectivity index (χ0n) is 13.0. The number of imidazole rings is 1. The highest BCUT2D eigenvalue weighted by Gasteiger charge is 2.22. The Morgan fingerprint density at radius 1 is 1.21 bits per heavy atom. The molecular weight excluding hydrogens is 306 g/mol. The molecule has 0 saturated heterocycles. The molecule has 120 valence electrons. The molecule has 0 saturated carbocycles. The summed E-state index contributed by atoms with van der Waals surface area (Å²) in [6.45, 7) is 1.99. The second-order valence-electron chi connectivity index (χ2n) is 5.90. The second kappa shape index (κ2) is 5.45. The van der Waals surface area contributed by atoms with Gasteiger partial charge in [-0.3, -0.25) is 4.79 Å².